The second kappa shape index (κ2) is 17.5. The van der Waals surface area contributed by atoms with Gasteiger partial charge in [0, 0.05) is 33.3 Å². The summed E-state index contributed by atoms with van der Waals surface area (Å²) in [7, 11) is 0. The third-order valence-electron chi connectivity index (χ3n) is 3.60. The molecule has 0 unspecified atom stereocenters. The number of phenols is 1. The third kappa shape index (κ3) is 12.6. The van der Waals surface area contributed by atoms with Gasteiger partial charge in [0.2, 0.25) is 0 Å². The fraction of sp³-hybridized carbons (Fsp3) is 0. The van der Waals surface area contributed by atoms with Crippen LogP contribution in [0.3, 0.4) is 0 Å². The maximum absolute atomic E-state index is 9.31. The quantitative estimate of drug-likeness (QED) is 0.0991. The van der Waals surface area contributed by atoms with E-state index >= 15 is 0 Å². The first-order valence-electron chi connectivity index (χ1n) is 9.47. The van der Waals surface area contributed by atoms with Crippen LogP contribution < -0.4 is 10.9 Å². The molecule has 1 aromatic heterocycles. The van der Waals surface area contributed by atoms with Gasteiger partial charge in [0.1, 0.15) is 11.3 Å². The number of nitrogens with one attached hydrogen (secondary N) is 2. The Bertz CT molecular complexity index is 1050. The molecule has 1 heterocycles. The van der Waals surface area contributed by atoms with Crippen LogP contribution in [-0.2, 0) is 34.3 Å². The maximum Gasteiger partial charge on any atom is 0.141 e. The number of thiocarbonyl (C=S) groups is 1. The summed E-state index contributed by atoms with van der Waals surface area (Å²) in [5.74, 6) is 0.239. The van der Waals surface area contributed by atoms with Gasteiger partial charge in [-0.05, 0) is 28.6 Å². The largest absolute Gasteiger partial charge is 0.999 e. The van der Waals surface area contributed by atoms with Gasteiger partial charge in [0.25, 0.3) is 0 Å². The smallest absolute Gasteiger partial charge is 0.141 e. The van der Waals surface area contributed by atoms with Crippen LogP contribution >= 0.6 is 12.2 Å². The molecule has 0 atom stereocenters. The molecule has 4 nitrogen and oxygen atoms in total. The minimum Gasteiger partial charge on any atom is -0.999 e. The van der Waals surface area contributed by atoms with Crippen LogP contribution in [0, 0.1) is 24.3 Å². The van der Waals surface area contributed by atoms with E-state index in [-0.39, 0.29) is 27.5 Å². The maximum atomic E-state index is 9.31. The molecule has 0 radical (unpaired) electrons. The van der Waals surface area contributed by atoms with Crippen molar-refractivity contribution in [1.82, 2.24) is 10.4 Å². The molecule has 0 bridgehead atoms. The van der Waals surface area contributed by atoms with Gasteiger partial charge in [-0.3, -0.25) is 4.98 Å². The van der Waals surface area contributed by atoms with E-state index in [1.54, 1.807) is 24.4 Å². The van der Waals surface area contributed by atoms with E-state index in [9.17, 15) is 5.11 Å². The van der Waals surface area contributed by atoms with Crippen LogP contribution in [0.5, 0.6) is 5.75 Å². The zero-order valence-corrected chi connectivity index (χ0v) is 20.7. The fourth-order valence-electron chi connectivity index (χ4n) is 2.23. The third-order valence-corrected chi connectivity index (χ3v) is 3.80. The van der Waals surface area contributed by atoms with Crippen molar-refractivity contribution in [3.8, 4) is 5.75 Å². The van der Waals surface area contributed by atoms with Crippen LogP contribution in [0.2, 0.25) is 0 Å². The first-order chi connectivity index (χ1) is 15.7. The summed E-state index contributed by atoms with van der Waals surface area (Å²) in [6.45, 7) is 0. The van der Waals surface area contributed by atoms with Crippen molar-refractivity contribution in [3.63, 3.8) is 0 Å². The Labute approximate surface area is 220 Å². The second-order valence-corrected chi connectivity index (χ2v) is 6.98. The minimum atomic E-state index is 0. The topological polar surface area (TPSA) is 57.2 Å². The molecule has 7 heteroatoms. The first-order valence-corrected chi connectivity index (χ1v) is 10.3. The summed E-state index contributed by atoms with van der Waals surface area (Å²) in [6, 6.07) is 40.8. The number of nitrogens with zero attached hydrogens (tertiary/aromatic N) is 1. The fourth-order valence-corrected chi connectivity index (χ4v) is 2.34. The van der Waals surface area contributed by atoms with Crippen LogP contribution in [0.15, 0.2) is 103 Å². The van der Waals surface area contributed by atoms with E-state index in [4.69, 9.17) is 0 Å². The molecule has 0 aliphatic rings. The zero-order chi connectivity index (χ0) is 22.9. The second-order valence-electron chi connectivity index (χ2n) is 5.90. The Balaban J connectivity index is 0.000000231. The number of para-hydroxylation sites is 2. The van der Waals surface area contributed by atoms with Crippen LogP contribution in [0.4, 0.5) is 5.69 Å². The molecule has 0 fully saturated rings. The number of hydrogen-bond donors (Lipinski definition) is 3. The van der Waals surface area contributed by atoms with Crippen molar-refractivity contribution in [2.24, 2.45) is 0 Å². The molecular formula is C26H20N3OS2Ti-7. The Hall–Kier alpha value is -3.03. The van der Waals surface area contributed by atoms with Crippen LogP contribution in [0.25, 0.3) is 10.9 Å². The number of aromatic hydroxyl groups is 1. The summed E-state index contributed by atoms with van der Waals surface area (Å²) < 4.78 is 0.314. The minimum absolute atomic E-state index is 0. The molecule has 0 aliphatic heterocycles. The molecule has 0 amide bonds. The predicted octanol–water partition coefficient (Wildman–Crippen LogP) is 5.38. The van der Waals surface area contributed by atoms with E-state index in [1.165, 1.54) is 0 Å². The summed E-state index contributed by atoms with van der Waals surface area (Å²) in [5.41, 5.74) is 7.11. The number of anilines is 1. The SMILES string of the molecule is Oc1cccc2cccnc12.S=C([S-])NNc1ccccc1.[Ti].[c-]1[c-][c-][cH-][c-]1.c1cc[cH-]c1. The molecule has 0 saturated heterocycles. The normalized spacial score (nSPS) is 8.73. The zero-order valence-electron chi connectivity index (χ0n) is 17.5. The van der Waals surface area contributed by atoms with Crippen molar-refractivity contribution in [2.75, 3.05) is 5.43 Å². The van der Waals surface area contributed by atoms with E-state index in [0.29, 0.717) is 9.84 Å². The molecule has 168 valence electrons. The molecule has 4 aromatic carbocycles. The standard InChI is InChI=1S/C9H7NO.C7H8N2S2.C5H5.C5H.Ti/c11-8-5-1-3-7-4-2-6-10-9(7)8;10-7(11)9-8-6-4-2-1-3-5-6;2*1-2-4-5-3-1;/h1-6,11H;1-5,8H,(H2,9,10,11);1-5H;1H;/q;;-1;-5;/p-1. The summed E-state index contributed by atoms with van der Waals surface area (Å²) in [5, 5.41) is 10.3. The number of fused-ring (bicyclic) bond motifs is 1. The Morgan fingerprint density at radius 2 is 1.58 bits per heavy atom. The molecule has 0 aliphatic carbocycles. The van der Waals surface area contributed by atoms with Crippen molar-refractivity contribution in [3.05, 3.63) is 128 Å². The molecule has 0 saturated carbocycles. The van der Waals surface area contributed by atoms with E-state index < -0.39 is 0 Å². The van der Waals surface area contributed by atoms with Gasteiger partial charge in [0.15, 0.2) is 0 Å². The average Bonchev–Trinajstić information content (AvgIpc) is 3.59. The Kier molecular flexibility index (Phi) is 14.9. The molecule has 5 rings (SSSR count). The van der Waals surface area contributed by atoms with Gasteiger partial charge in [-0.1, -0.05) is 36.4 Å². The van der Waals surface area contributed by atoms with Gasteiger partial charge in [-0.15, -0.1) is 0 Å². The molecule has 3 N–H and O–H groups in total. The van der Waals surface area contributed by atoms with Crippen molar-refractivity contribution in [2.45, 2.75) is 0 Å². The van der Waals surface area contributed by atoms with E-state index in [2.05, 4.69) is 64.9 Å². The monoisotopic (exact) mass is 502 g/mol. The van der Waals surface area contributed by atoms with Gasteiger partial charge in [0.05, 0.1) is 5.69 Å². The van der Waals surface area contributed by atoms with Gasteiger partial charge in [-0.25, -0.2) is 12.1 Å². The van der Waals surface area contributed by atoms with Gasteiger partial charge in [-0.2, -0.15) is 18.2 Å². The average molecular weight is 502 g/mol. The van der Waals surface area contributed by atoms with Gasteiger partial charge < -0.3 is 71.1 Å². The van der Waals surface area contributed by atoms with Crippen LogP contribution in [-0.4, -0.2) is 14.4 Å². The van der Waals surface area contributed by atoms with E-state index in [0.717, 1.165) is 11.1 Å². The number of aromatic nitrogens is 1. The number of rotatable bonds is 2. The number of hydrogen-bond acceptors (Lipinski definition) is 5. The van der Waals surface area contributed by atoms with E-state index in [1.807, 2.05) is 78.9 Å². The molecule has 5 aromatic rings. The number of hydrazine groups is 1. The summed E-state index contributed by atoms with van der Waals surface area (Å²) >= 11 is 9.27. The summed E-state index contributed by atoms with van der Waals surface area (Å²) in [4.78, 5) is 4.03. The Morgan fingerprint density at radius 3 is 2.09 bits per heavy atom. The first kappa shape index (κ1) is 28.0. The molecule has 0 spiro atoms. The van der Waals surface area contributed by atoms with Crippen LogP contribution in [0.1, 0.15) is 0 Å². The van der Waals surface area contributed by atoms with Crippen molar-refractivity contribution in [1.29, 1.82) is 0 Å². The molecule has 33 heavy (non-hydrogen) atoms. The molecular weight excluding hydrogens is 482 g/mol. The van der Waals surface area contributed by atoms with Crippen molar-refractivity contribution < 1.29 is 26.8 Å². The Morgan fingerprint density at radius 1 is 0.909 bits per heavy atom. The van der Waals surface area contributed by atoms with Gasteiger partial charge >= 0.3 is 0 Å². The number of benzene rings is 2. The van der Waals surface area contributed by atoms with Crippen molar-refractivity contribution >= 4 is 45.8 Å². The summed E-state index contributed by atoms with van der Waals surface area (Å²) in [6.07, 6.45) is 1.67. The number of pyridine rings is 1. The number of phenolic OH excluding ortho intramolecular Hbond substituents is 1. The predicted molar refractivity (Wildman–Crippen MR) is 136 cm³/mol.